The fraction of sp³-hybridized carbons (Fsp3) is 0.818. The van der Waals surface area contributed by atoms with Gasteiger partial charge in [0.15, 0.2) is 0 Å². The molecule has 1 aliphatic rings. The molecule has 0 heterocycles. The van der Waals surface area contributed by atoms with Gasteiger partial charge in [-0.15, -0.1) is 0 Å². The van der Waals surface area contributed by atoms with Gasteiger partial charge in [-0.25, -0.2) is 4.89 Å². The molecule has 0 bridgehead atoms. The lowest BCUT2D eigenvalue weighted by Gasteiger charge is -2.26. The molecule has 0 unspecified atom stereocenters. The Morgan fingerprint density at radius 2 is 1.59 bits per heavy atom. The Bertz CT molecular complexity index is 257. The van der Waals surface area contributed by atoms with E-state index in [2.05, 4.69) is 9.62 Å². The number of hydrogen-bond acceptors (Lipinski definition) is 6. The zero-order chi connectivity index (χ0) is 12.7. The molecule has 1 fully saturated rings. The highest BCUT2D eigenvalue weighted by atomic mass is 17.1. The van der Waals surface area contributed by atoms with Crippen LogP contribution in [0.1, 0.15) is 38.5 Å². The first-order valence-electron chi connectivity index (χ1n) is 5.72. The van der Waals surface area contributed by atoms with Crippen molar-refractivity contribution in [3.8, 4) is 0 Å². The number of hydrogen-bond donors (Lipinski definition) is 1. The second-order valence-electron chi connectivity index (χ2n) is 4.07. The number of rotatable bonds is 5. The molecule has 0 saturated heterocycles. The van der Waals surface area contributed by atoms with Crippen molar-refractivity contribution in [1.82, 2.24) is 0 Å². The zero-order valence-corrected chi connectivity index (χ0v) is 9.89. The van der Waals surface area contributed by atoms with E-state index in [1.165, 1.54) is 7.11 Å². The number of carbonyl (C=O) groups is 2. The highest BCUT2D eigenvalue weighted by Crippen LogP contribution is 2.23. The summed E-state index contributed by atoms with van der Waals surface area (Å²) in [6.07, 6.45) is 2.50. The molecule has 0 radical (unpaired) electrons. The van der Waals surface area contributed by atoms with Gasteiger partial charge in [-0.1, -0.05) is 0 Å². The average Bonchev–Trinajstić information content (AvgIpc) is 2.36. The summed E-state index contributed by atoms with van der Waals surface area (Å²) in [4.78, 5) is 26.4. The first kappa shape index (κ1) is 13.9. The van der Waals surface area contributed by atoms with Crippen molar-refractivity contribution in [2.24, 2.45) is 0 Å². The van der Waals surface area contributed by atoms with E-state index < -0.39 is 5.97 Å². The standard InChI is InChI=1S/C11H18O6/c1-15-10(12)6-7-11(13)16-8-2-4-9(17-14)5-3-8/h8-9,14H,2-7H2,1H3. The molecule has 6 nitrogen and oxygen atoms in total. The summed E-state index contributed by atoms with van der Waals surface area (Å²) in [5, 5.41) is 8.47. The fourth-order valence-corrected chi connectivity index (χ4v) is 1.81. The summed E-state index contributed by atoms with van der Waals surface area (Å²) < 4.78 is 9.62. The molecular formula is C11H18O6. The van der Waals surface area contributed by atoms with Crippen LogP contribution in [0.25, 0.3) is 0 Å². The van der Waals surface area contributed by atoms with Crippen LogP contribution in [0.2, 0.25) is 0 Å². The maximum atomic E-state index is 11.4. The number of methoxy groups -OCH3 is 1. The van der Waals surface area contributed by atoms with Crippen molar-refractivity contribution >= 4 is 11.9 Å². The monoisotopic (exact) mass is 246 g/mol. The minimum Gasteiger partial charge on any atom is -0.469 e. The predicted octanol–water partition coefficient (Wildman–Crippen LogP) is 1.28. The van der Waals surface area contributed by atoms with Crippen molar-refractivity contribution < 1.29 is 29.2 Å². The first-order chi connectivity index (χ1) is 8.15. The van der Waals surface area contributed by atoms with Gasteiger partial charge in [0.1, 0.15) is 6.10 Å². The van der Waals surface area contributed by atoms with Crippen LogP contribution in [0.15, 0.2) is 0 Å². The Balaban J connectivity index is 2.17. The number of ether oxygens (including phenoxy) is 2. The van der Waals surface area contributed by atoms with Crippen LogP contribution in [0, 0.1) is 0 Å². The van der Waals surface area contributed by atoms with Gasteiger partial charge in [0.25, 0.3) is 0 Å². The molecule has 1 N–H and O–H groups in total. The minimum atomic E-state index is -0.417. The van der Waals surface area contributed by atoms with Gasteiger partial charge in [0, 0.05) is 0 Å². The topological polar surface area (TPSA) is 82.1 Å². The third-order valence-corrected chi connectivity index (χ3v) is 2.83. The number of esters is 2. The van der Waals surface area contributed by atoms with Crippen LogP contribution in [0.3, 0.4) is 0 Å². The molecule has 1 aliphatic carbocycles. The normalized spacial score (nSPS) is 24.1. The molecule has 0 aromatic heterocycles. The Morgan fingerprint density at radius 1 is 1.06 bits per heavy atom. The molecule has 0 spiro atoms. The molecule has 0 aromatic carbocycles. The van der Waals surface area contributed by atoms with Gasteiger partial charge < -0.3 is 9.47 Å². The molecule has 0 aromatic rings. The SMILES string of the molecule is COC(=O)CCC(=O)OC1CCC(OO)CC1. The quantitative estimate of drug-likeness (QED) is 0.447. The molecule has 1 rings (SSSR count). The predicted molar refractivity (Wildman–Crippen MR) is 57.1 cm³/mol. The molecule has 17 heavy (non-hydrogen) atoms. The molecule has 0 atom stereocenters. The van der Waals surface area contributed by atoms with E-state index in [1.54, 1.807) is 0 Å². The summed E-state index contributed by atoms with van der Waals surface area (Å²) in [5.74, 6) is -0.803. The van der Waals surface area contributed by atoms with E-state index in [0.717, 1.165) is 0 Å². The highest BCUT2D eigenvalue weighted by Gasteiger charge is 2.24. The van der Waals surface area contributed by atoms with Gasteiger partial charge in [0.05, 0.1) is 26.1 Å². The smallest absolute Gasteiger partial charge is 0.306 e. The lowest BCUT2D eigenvalue weighted by Crippen LogP contribution is -2.27. The summed E-state index contributed by atoms with van der Waals surface area (Å²) in [7, 11) is 1.28. The fourth-order valence-electron chi connectivity index (χ4n) is 1.81. The summed E-state index contributed by atoms with van der Waals surface area (Å²) in [6.45, 7) is 0. The van der Waals surface area contributed by atoms with Gasteiger partial charge in [-0.2, -0.15) is 0 Å². The Morgan fingerprint density at radius 3 is 2.12 bits per heavy atom. The third kappa shape index (κ3) is 5.14. The molecule has 1 saturated carbocycles. The van der Waals surface area contributed by atoms with Crippen LogP contribution in [-0.2, 0) is 24.0 Å². The maximum Gasteiger partial charge on any atom is 0.306 e. The lowest BCUT2D eigenvalue weighted by molar-refractivity contribution is -0.286. The van der Waals surface area contributed by atoms with Gasteiger partial charge in [0.2, 0.25) is 0 Å². The minimum absolute atomic E-state index is 0.0447. The van der Waals surface area contributed by atoms with E-state index in [9.17, 15) is 9.59 Å². The summed E-state index contributed by atoms with van der Waals surface area (Å²) in [5.41, 5.74) is 0. The average molecular weight is 246 g/mol. The van der Waals surface area contributed by atoms with E-state index >= 15 is 0 Å². The first-order valence-corrected chi connectivity index (χ1v) is 5.72. The van der Waals surface area contributed by atoms with E-state index in [0.29, 0.717) is 25.7 Å². The van der Waals surface area contributed by atoms with E-state index in [4.69, 9.17) is 9.99 Å². The summed E-state index contributed by atoms with van der Waals surface area (Å²) >= 11 is 0. The summed E-state index contributed by atoms with van der Waals surface area (Å²) in [6, 6.07) is 0. The molecule has 0 amide bonds. The third-order valence-electron chi connectivity index (χ3n) is 2.83. The molecule has 6 heteroatoms. The van der Waals surface area contributed by atoms with Gasteiger partial charge >= 0.3 is 11.9 Å². The Hall–Kier alpha value is -1.14. The zero-order valence-electron chi connectivity index (χ0n) is 9.89. The van der Waals surface area contributed by atoms with E-state index in [1.807, 2.05) is 0 Å². The Kier molecular flexibility index (Phi) is 5.93. The van der Waals surface area contributed by atoms with Crippen LogP contribution < -0.4 is 0 Å². The maximum absolute atomic E-state index is 11.4. The van der Waals surface area contributed by atoms with Crippen molar-refractivity contribution in [2.45, 2.75) is 50.7 Å². The van der Waals surface area contributed by atoms with Crippen LogP contribution in [-0.4, -0.2) is 36.5 Å². The molecular weight excluding hydrogens is 228 g/mol. The van der Waals surface area contributed by atoms with E-state index in [-0.39, 0.29) is 31.0 Å². The van der Waals surface area contributed by atoms with Crippen LogP contribution in [0.5, 0.6) is 0 Å². The Labute approximate surface area is 99.8 Å². The van der Waals surface area contributed by atoms with Crippen molar-refractivity contribution in [3.63, 3.8) is 0 Å². The van der Waals surface area contributed by atoms with Gasteiger partial charge in [-0.05, 0) is 25.7 Å². The van der Waals surface area contributed by atoms with Gasteiger partial charge in [-0.3, -0.25) is 14.8 Å². The van der Waals surface area contributed by atoms with Crippen molar-refractivity contribution in [2.75, 3.05) is 7.11 Å². The number of carbonyl (C=O) groups excluding carboxylic acids is 2. The van der Waals surface area contributed by atoms with Crippen LogP contribution >= 0.6 is 0 Å². The largest absolute Gasteiger partial charge is 0.469 e. The second-order valence-corrected chi connectivity index (χ2v) is 4.07. The van der Waals surface area contributed by atoms with Crippen LogP contribution in [0.4, 0.5) is 0 Å². The molecule has 98 valence electrons. The molecule has 0 aliphatic heterocycles. The lowest BCUT2D eigenvalue weighted by atomic mass is 9.95. The second kappa shape index (κ2) is 7.24. The van der Waals surface area contributed by atoms with Crippen molar-refractivity contribution in [3.05, 3.63) is 0 Å². The highest BCUT2D eigenvalue weighted by molar-refractivity contribution is 5.77. The van der Waals surface area contributed by atoms with Crippen molar-refractivity contribution in [1.29, 1.82) is 0 Å².